The van der Waals surface area contributed by atoms with Crippen LogP contribution in [0.15, 0.2) is 53.7 Å². The van der Waals surface area contributed by atoms with Gasteiger partial charge in [-0.15, -0.1) is 10.2 Å². The van der Waals surface area contributed by atoms with Crippen molar-refractivity contribution in [3.8, 4) is 28.6 Å². The van der Waals surface area contributed by atoms with Crippen LogP contribution in [0, 0.1) is 0 Å². The first-order chi connectivity index (χ1) is 15.9. The molecule has 1 fully saturated rings. The van der Waals surface area contributed by atoms with Crippen molar-refractivity contribution < 1.29 is 22.7 Å². The van der Waals surface area contributed by atoms with Gasteiger partial charge in [-0.2, -0.15) is 0 Å². The number of sulfone groups is 1. The average Bonchev–Trinajstić information content (AvgIpc) is 3.54. The lowest BCUT2D eigenvalue weighted by Gasteiger charge is -2.23. The Kier molecular flexibility index (Phi) is 5.75. The van der Waals surface area contributed by atoms with E-state index in [0.717, 1.165) is 11.3 Å². The van der Waals surface area contributed by atoms with E-state index in [9.17, 15) is 13.2 Å². The van der Waals surface area contributed by atoms with Crippen LogP contribution < -0.4 is 9.47 Å². The third-order valence-electron chi connectivity index (χ3n) is 5.75. The number of hydrogen-bond acceptors (Lipinski definition) is 8. The number of benzene rings is 2. The summed E-state index contributed by atoms with van der Waals surface area (Å²) in [6.45, 7) is 0.184. The maximum Gasteiger partial charge on any atom is 0.233 e. The molecule has 0 aliphatic carbocycles. The number of amides is 1. The molecule has 2 aromatic carbocycles. The van der Waals surface area contributed by atoms with Gasteiger partial charge >= 0.3 is 0 Å². The molecule has 1 atom stereocenters. The van der Waals surface area contributed by atoms with Crippen LogP contribution in [0.5, 0.6) is 11.5 Å². The van der Waals surface area contributed by atoms with Crippen molar-refractivity contribution in [2.24, 2.45) is 0 Å². The zero-order valence-electron chi connectivity index (χ0n) is 17.9. The van der Waals surface area contributed by atoms with Gasteiger partial charge in [0.25, 0.3) is 0 Å². The van der Waals surface area contributed by atoms with E-state index in [1.807, 2.05) is 53.1 Å². The highest BCUT2D eigenvalue weighted by atomic mass is 32.2. The molecular formula is C22H22N4O5S2. The zero-order valence-corrected chi connectivity index (χ0v) is 19.5. The summed E-state index contributed by atoms with van der Waals surface area (Å²) in [5.41, 5.74) is 1.67. The van der Waals surface area contributed by atoms with Gasteiger partial charge in [0.15, 0.2) is 32.3 Å². The van der Waals surface area contributed by atoms with Crippen molar-refractivity contribution in [2.45, 2.75) is 17.6 Å². The molecule has 2 aliphatic rings. The molecule has 9 nitrogen and oxygen atoms in total. The highest BCUT2D eigenvalue weighted by Crippen LogP contribution is 2.37. The van der Waals surface area contributed by atoms with E-state index in [4.69, 9.17) is 9.47 Å². The standard InChI is InChI=1S/C22H22N4O5S2/c1-25(17-9-10-33(28,29)13-17)20(27)12-32-22-24-23-21(26(22)16-5-3-2-4-6-16)15-7-8-18-19(11-15)31-14-30-18/h2-8,11,17H,9-10,12-14H2,1H3. The molecule has 1 saturated heterocycles. The van der Waals surface area contributed by atoms with Gasteiger partial charge in [-0.1, -0.05) is 30.0 Å². The number of fused-ring (bicyclic) bond motifs is 1. The van der Waals surface area contributed by atoms with Crippen LogP contribution in [0.1, 0.15) is 6.42 Å². The number of rotatable bonds is 6. The number of carbonyl (C=O) groups excluding carboxylic acids is 1. The molecule has 2 aliphatic heterocycles. The smallest absolute Gasteiger partial charge is 0.233 e. The molecule has 1 amide bonds. The van der Waals surface area contributed by atoms with Crippen LogP contribution in [0.4, 0.5) is 0 Å². The summed E-state index contributed by atoms with van der Waals surface area (Å²) in [6.07, 6.45) is 0.476. The van der Waals surface area contributed by atoms with Crippen LogP contribution in [0.2, 0.25) is 0 Å². The van der Waals surface area contributed by atoms with Gasteiger partial charge in [0.2, 0.25) is 12.7 Å². The maximum atomic E-state index is 12.8. The number of nitrogens with zero attached hydrogens (tertiary/aromatic N) is 4. The van der Waals surface area contributed by atoms with E-state index in [-0.39, 0.29) is 36.0 Å². The summed E-state index contributed by atoms with van der Waals surface area (Å²) in [7, 11) is -1.40. The van der Waals surface area contributed by atoms with Crippen molar-refractivity contribution in [1.82, 2.24) is 19.7 Å². The normalized spacial score (nSPS) is 18.4. The Morgan fingerprint density at radius 1 is 1.15 bits per heavy atom. The van der Waals surface area contributed by atoms with E-state index >= 15 is 0 Å². The minimum atomic E-state index is -3.06. The molecule has 1 aromatic heterocycles. The molecule has 33 heavy (non-hydrogen) atoms. The first-order valence-corrected chi connectivity index (χ1v) is 13.2. The van der Waals surface area contributed by atoms with Crippen molar-refractivity contribution >= 4 is 27.5 Å². The number of ether oxygens (including phenoxy) is 2. The summed E-state index contributed by atoms with van der Waals surface area (Å²) >= 11 is 1.27. The lowest BCUT2D eigenvalue weighted by atomic mass is 10.2. The molecule has 5 rings (SSSR count). The fourth-order valence-electron chi connectivity index (χ4n) is 3.91. The van der Waals surface area contributed by atoms with Crippen LogP contribution in [0.25, 0.3) is 17.1 Å². The minimum Gasteiger partial charge on any atom is -0.454 e. The van der Waals surface area contributed by atoms with Crippen LogP contribution >= 0.6 is 11.8 Å². The Bertz CT molecular complexity index is 1290. The van der Waals surface area contributed by atoms with E-state index < -0.39 is 9.84 Å². The lowest BCUT2D eigenvalue weighted by molar-refractivity contribution is -0.128. The minimum absolute atomic E-state index is 0.0222. The Morgan fingerprint density at radius 3 is 2.70 bits per heavy atom. The predicted molar refractivity (Wildman–Crippen MR) is 123 cm³/mol. The van der Waals surface area contributed by atoms with Gasteiger partial charge in [0.1, 0.15) is 0 Å². The molecule has 0 radical (unpaired) electrons. The van der Waals surface area contributed by atoms with Gasteiger partial charge in [0, 0.05) is 24.3 Å². The number of carbonyl (C=O) groups is 1. The van der Waals surface area contributed by atoms with E-state index in [0.29, 0.717) is 28.9 Å². The second-order valence-corrected chi connectivity index (χ2v) is 11.1. The van der Waals surface area contributed by atoms with Gasteiger partial charge in [0.05, 0.1) is 17.3 Å². The fraction of sp³-hybridized carbons (Fsp3) is 0.318. The first kappa shape index (κ1) is 21.8. The molecule has 1 unspecified atom stereocenters. The van der Waals surface area contributed by atoms with Gasteiger partial charge in [-0.3, -0.25) is 9.36 Å². The predicted octanol–water partition coefficient (Wildman–Crippen LogP) is 2.40. The first-order valence-electron chi connectivity index (χ1n) is 10.4. The molecule has 172 valence electrons. The third-order valence-corrected chi connectivity index (χ3v) is 8.42. The van der Waals surface area contributed by atoms with Crippen molar-refractivity contribution in [3.63, 3.8) is 0 Å². The Morgan fingerprint density at radius 2 is 1.94 bits per heavy atom. The Balaban J connectivity index is 1.40. The zero-order chi connectivity index (χ0) is 23.0. The number of hydrogen-bond donors (Lipinski definition) is 0. The van der Waals surface area contributed by atoms with Crippen molar-refractivity contribution in [1.29, 1.82) is 0 Å². The molecule has 0 saturated carbocycles. The second kappa shape index (κ2) is 8.71. The largest absolute Gasteiger partial charge is 0.454 e. The second-order valence-electron chi connectivity index (χ2n) is 7.90. The van der Waals surface area contributed by atoms with E-state index in [1.54, 1.807) is 11.9 Å². The Labute approximate surface area is 195 Å². The fourth-order valence-corrected chi connectivity index (χ4v) is 6.56. The highest BCUT2D eigenvalue weighted by Gasteiger charge is 2.33. The van der Waals surface area contributed by atoms with E-state index in [1.165, 1.54) is 11.8 Å². The average molecular weight is 487 g/mol. The maximum absolute atomic E-state index is 12.8. The molecular weight excluding hydrogens is 464 g/mol. The molecule has 0 N–H and O–H groups in total. The summed E-state index contributed by atoms with van der Waals surface area (Å²) in [6, 6.07) is 15.0. The molecule has 0 bridgehead atoms. The third kappa shape index (κ3) is 4.42. The molecule has 0 spiro atoms. The topological polar surface area (TPSA) is 104 Å². The van der Waals surface area contributed by atoms with Crippen LogP contribution in [0.3, 0.4) is 0 Å². The van der Waals surface area contributed by atoms with Crippen LogP contribution in [-0.4, -0.2) is 71.1 Å². The van der Waals surface area contributed by atoms with Gasteiger partial charge in [-0.25, -0.2) is 8.42 Å². The summed E-state index contributed by atoms with van der Waals surface area (Å²) < 4.78 is 36.4. The van der Waals surface area contributed by atoms with Gasteiger partial charge in [-0.05, 0) is 36.8 Å². The molecule has 11 heteroatoms. The van der Waals surface area contributed by atoms with E-state index in [2.05, 4.69) is 10.2 Å². The quantitative estimate of drug-likeness (QED) is 0.490. The Hall–Kier alpha value is -3.05. The lowest BCUT2D eigenvalue weighted by Crippen LogP contribution is -2.38. The van der Waals surface area contributed by atoms with Crippen molar-refractivity contribution in [3.05, 3.63) is 48.5 Å². The number of aromatic nitrogens is 3. The summed E-state index contributed by atoms with van der Waals surface area (Å²) in [5.74, 6) is 2.07. The molecule has 3 aromatic rings. The van der Waals surface area contributed by atoms with Gasteiger partial charge < -0.3 is 14.4 Å². The monoisotopic (exact) mass is 486 g/mol. The molecule has 3 heterocycles. The SMILES string of the molecule is CN(C(=O)CSc1nnc(-c2ccc3c(c2)OCO3)n1-c1ccccc1)C1CCS(=O)(=O)C1. The summed E-state index contributed by atoms with van der Waals surface area (Å²) in [5, 5.41) is 9.32. The highest BCUT2D eigenvalue weighted by molar-refractivity contribution is 7.99. The van der Waals surface area contributed by atoms with Crippen LogP contribution in [-0.2, 0) is 14.6 Å². The summed E-state index contributed by atoms with van der Waals surface area (Å²) in [4.78, 5) is 14.3. The van der Waals surface area contributed by atoms with Crippen molar-refractivity contribution in [2.75, 3.05) is 31.1 Å². The number of thioether (sulfide) groups is 1. The number of para-hydroxylation sites is 1.